The molecule has 15 aromatic heterocycles. The number of nitrogens with zero attached hydrogens (tertiary/aromatic N) is 16. The summed E-state index contributed by atoms with van der Waals surface area (Å²) in [6.45, 7) is 2.25. The molecular formula is C82H81N19OS. The van der Waals surface area contributed by atoms with Crippen molar-refractivity contribution in [1.82, 2.24) is 87.5 Å². The van der Waals surface area contributed by atoms with Crippen LogP contribution < -0.4 is 5.32 Å². The maximum Gasteiger partial charge on any atom is 0.233 e. The van der Waals surface area contributed by atoms with Crippen LogP contribution in [-0.4, -0.2) is 99.9 Å². The summed E-state index contributed by atoms with van der Waals surface area (Å²) in [7, 11) is 0. The van der Waals surface area contributed by atoms with Crippen molar-refractivity contribution in [3.05, 3.63) is 333 Å². The van der Waals surface area contributed by atoms with Gasteiger partial charge in [0.1, 0.15) is 28.6 Å². The number of hydrogen-bond acceptors (Lipinski definition) is 15. The highest BCUT2D eigenvalue weighted by atomic mass is 32.1. The third-order valence-electron chi connectivity index (χ3n) is 17.2. The van der Waals surface area contributed by atoms with Gasteiger partial charge in [0.2, 0.25) is 5.78 Å². The highest BCUT2D eigenvalue weighted by molar-refractivity contribution is 7.17. The third kappa shape index (κ3) is 21.3. The molecule has 0 amide bonds. The fourth-order valence-electron chi connectivity index (χ4n) is 11.8. The topological polar surface area (TPSA) is 234 Å². The number of imidazole rings is 3. The number of nitrogens with one attached hydrogen (secondary N) is 3. The van der Waals surface area contributed by atoms with Crippen LogP contribution in [0.4, 0.5) is 5.82 Å². The van der Waals surface area contributed by atoms with E-state index in [1.807, 2.05) is 172 Å². The normalized spacial score (nSPS) is 12.9. The molecule has 103 heavy (non-hydrogen) atoms. The largest absolute Gasteiger partial charge is 0.370 e. The number of allylic oxidation sites excluding steroid dienone is 1. The van der Waals surface area contributed by atoms with E-state index in [2.05, 4.69) is 146 Å². The SMILES string of the molecule is C1=Cc2ccncc2C1.O=C1CCc2ccccc2C1.c1cc2ccncn2c1.c1cc2ccsc2cn1.c1ccc2c(c1)CCCC2.c1cn2c(n1)CCCC2.c1cn2cncc2cn1.c1cnc2[nH]ccc2c1.c1cnc2[nH]ccc2n1.c1cnc2c(c1)CCCN2.c1cnc2nccn2c1. The Morgan fingerprint density at radius 2 is 1.11 bits per heavy atom. The molecule has 0 atom stereocenters. The minimum atomic E-state index is 0.378. The number of fused-ring (bicyclic) bond motifs is 11. The smallest absolute Gasteiger partial charge is 0.233 e. The molecule has 2 aromatic carbocycles. The van der Waals surface area contributed by atoms with Crippen molar-refractivity contribution < 1.29 is 4.79 Å². The third-order valence-corrected chi connectivity index (χ3v) is 18.0. The van der Waals surface area contributed by atoms with Gasteiger partial charge in [-0.15, -0.1) is 11.3 Å². The maximum absolute atomic E-state index is 11.0. The Hall–Kier alpha value is -12.5. The first-order chi connectivity index (χ1) is 51.0. The second-order valence-corrected chi connectivity index (χ2v) is 25.1. The Labute approximate surface area is 601 Å². The summed E-state index contributed by atoms with van der Waals surface area (Å²) in [5.74, 6) is 3.47. The molecule has 0 unspecified atom stereocenters. The zero-order chi connectivity index (χ0) is 70.1. The van der Waals surface area contributed by atoms with Crippen LogP contribution in [0.2, 0.25) is 0 Å². The summed E-state index contributed by atoms with van der Waals surface area (Å²) in [5.41, 5.74) is 14.7. The number of aromatic nitrogens is 18. The summed E-state index contributed by atoms with van der Waals surface area (Å²) >= 11 is 1.72. The molecule has 0 bridgehead atoms. The van der Waals surface area contributed by atoms with Gasteiger partial charge in [-0.1, -0.05) is 66.7 Å². The summed E-state index contributed by atoms with van der Waals surface area (Å²) in [5, 5.41) is 7.78. The lowest BCUT2D eigenvalue weighted by Crippen LogP contribution is -2.12. The number of ketones is 1. The molecule has 20 nitrogen and oxygen atoms in total. The fraction of sp³-hybridized carbons (Fsp3) is 0.183. The van der Waals surface area contributed by atoms with E-state index in [0.717, 1.165) is 65.1 Å². The van der Waals surface area contributed by atoms with E-state index >= 15 is 0 Å². The van der Waals surface area contributed by atoms with E-state index < -0.39 is 0 Å². The van der Waals surface area contributed by atoms with Gasteiger partial charge in [0, 0.05) is 167 Å². The van der Waals surface area contributed by atoms with Gasteiger partial charge in [-0.25, -0.2) is 39.9 Å². The number of carbonyl (C=O) groups excluding carboxylic acids is 1. The highest BCUT2D eigenvalue weighted by Crippen LogP contribution is 2.22. The highest BCUT2D eigenvalue weighted by Gasteiger charge is 2.14. The van der Waals surface area contributed by atoms with E-state index in [1.165, 1.54) is 114 Å². The number of rotatable bonds is 0. The summed E-state index contributed by atoms with van der Waals surface area (Å²) in [6, 6.07) is 43.0. The summed E-state index contributed by atoms with van der Waals surface area (Å²) < 4.78 is 9.24. The average Bonchev–Trinajstić information content (AvgIpc) is 1.86. The van der Waals surface area contributed by atoms with Crippen molar-refractivity contribution in [2.75, 3.05) is 11.9 Å². The number of aryl methyl sites for hydroxylation is 6. The van der Waals surface area contributed by atoms with Gasteiger partial charge in [-0.05, 0) is 187 Å². The minimum Gasteiger partial charge on any atom is -0.370 e. The van der Waals surface area contributed by atoms with Gasteiger partial charge in [0.05, 0.1) is 35.3 Å². The van der Waals surface area contributed by atoms with Gasteiger partial charge < -0.3 is 28.7 Å². The standard InChI is InChI=1S/C10H10O.C10H12.C8H10N2.C8H7N.2C7H6N2.C7H10N2.C7H5NS.3C6H5N3/c11-10-6-5-8-3-1-2-4-9(8)7-10;1-2-6-10-8-4-3-7-9(10)5-1;1-3-7-4-2-6-10-8(7)9-5-1;1-2-7-4-5-9-6-8(7)3-1;1-2-7-3-4-8-6-9(7)5-1;1-2-6-3-5-9-7(6)8-4-1;1-2-5-9-6-4-8-7(9)3-1;1-3-8-5-7-6(1)2-4-9-7;1-2-9-5-8-4-6(9)3-7-1;1-2-8-6-5(1)7-3-4-9-6;1-2-7-6-8-3-5-9(6)4-1/h1-4H,5-7H2;1-2,5-6H,3-4,7-8H2;1,3,5H,2,4,6H2,(H,9,10);1-2,4-6H,3H2;1-6H;1-5H,(H,8,9);4,6H,1-3,5H2;2*1-5H;1-4H,(H,8,9);1-5H. The molecule has 21 heteroatoms. The lowest BCUT2D eigenvalue weighted by molar-refractivity contribution is -0.118. The van der Waals surface area contributed by atoms with Crippen LogP contribution in [0.5, 0.6) is 0 Å². The fourth-order valence-corrected chi connectivity index (χ4v) is 12.6. The number of thiophene rings is 1. The summed E-state index contributed by atoms with van der Waals surface area (Å²) in [6.07, 6.45) is 63.0. The molecule has 516 valence electrons. The Morgan fingerprint density at radius 3 is 1.93 bits per heavy atom. The minimum absolute atomic E-state index is 0.378. The van der Waals surface area contributed by atoms with Crippen LogP contribution in [-0.2, 0) is 56.3 Å². The molecule has 5 aliphatic rings. The van der Waals surface area contributed by atoms with Gasteiger partial charge in [0.25, 0.3) is 0 Å². The van der Waals surface area contributed by atoms with E-state index in [4.69, 9.17) is 0 Å². The molecule has 0 saturated carbocycles. The molecule has 22 rings (SSSR count). The van der Waals surface area contributed by atoms with Crippen LogP contribution in [0.25, 0.3) is 55.2 Å². The van der Waals surface area contributed by atoms with Crippen molar-refractivity contribution in [3.63, 3.8) is 0 Å². The quantitative estimate of drug-likeness (QED) is 0.128. The van der Waals surface area contributed by atoms with Crippen LogP contribution in [0, 0.1) is 0 Å². The van der Waals surface area contributed by atoms with Crippen LogP contribution in [0.1, 0.15) is 83.3 Å². The second kappa shape index (κ2) is 38.2. The summed E-state index contributed by atoms with van der Waals surface area (Å²) in [4.78, 5) is 65.3. The predicted molar refractivity (Wildman–Crippen MR) is 411 cm³/mol. The van der Waals surface area contributed by atoms with Gasteiger partial charge in [0.15, 0.2) is 5.65 Å². The van der Waals surface area contributed by atoms with Gasteiger partial charge >= 0.3 is 0 Å². The Bertz CT molecular complexity index is 4560. The zero-order valence-corrected chi connectivity index (χ0v) is 58.1. The number of pyridine rings is 4. The van der Waals surface area contributed by atoms with Gasteiger partial charge in [-0.3, -0.25) is 29.1 Å². The monoisotopic (exact) mass is 1380 g/mol. The number of aromatic amines is 2. The van der Waals surface area contributed by atoms with Crippen molar-refractivity contribution in [2.45, 2.75) is 90.0 Å². The number of hydrogen-bond donors (Lipinski definition) is 3. The first-order valence-electron chi connectivity index (χ1n) is 34.7. The number of carbonyl (C=O) groups is 1. The van der Waals surface area contributed by atoms with Crippen LogP contribution >= 0.6 is 11.3 Å². The van der Waals surface area contributed by atoms with E-state index in [-0.39, 0.29) is 0 Å². The Balaban J connectivity index is 0.000000107. The second-order valence-electron chi connectivity index (χ2n) is 24.2. The zero-order valence-electron chi connectivity index (χ0n) is 57.3. The molecule has 3 N–H and O–H groups in total. The molecular weight excluding hydrogens is 1300 g/mol. The molecule has 0 saturated heterocycles. The van der Waals surface area contributed by atoms with E-state index in [0.29, 0.717) is 12.2 Å². The first kappa shape index (κ1) is 70.4. The number of anilines is 1. The van der Waals surface area contributed by atoms with Gasteiger partial charge in [-0.2, -0.15) is 0 Å². The number of benzene rings is 2. The van der Waals surface area contributed by atoms with Crippen molar-refractivity contribution in [1.29, 1.82) is 0 Å². The maximum atomic E-state index is 11.0. The number of Topliss-reactive ketones (excluding diaryl/α,β-unsaturated/α-hetero) is 1. The predicted octanol–water partition coefficient (Wildman–Crippen LogP) is 16.2. The van der Waals surface area contributed by atoms with Crippen molar-refractivity contribution in [2.24, 2.45) is 0 Å². The lowest BCUT2D eigenvalue weighted by atomic mass is 9.91. The molecule has 3 aliphatic carbocycles. The molecule has 17 heterocycles. The van der Waals surface area contributed by atoms with Crippen LogP contribution in [0.3, 0.4) is 0 Å². The van der Waals surface area contributed by atoms with Crippen molar-refractivity contribution in [3.8, 4) is 0 Å². The molecule has 17 aromatic rings. The average molecular weight is 1380 g/mol. The Morgan fingerprint density at radius 1 is 0.417 bits per heavy atom. The molecule has 0 fully saturated rings. The number of H-pyrrole nitrogens is 2. The van der Waals surface area contributed by atoms with E-state index in [9.17, 15) is 4.79 Å². The lowest BCUT2D eigenvalue weighted by Gasteiger charge is -2.15. The molecule has 0 radical (unpaired) electrons. The molecule has 2 aliphatic heterocycles. The first-order valence-corrected chi connectivity index (χ1v) is 35.5. The molecule has 0 spiro atoms. The van der Waals surface area contributed by atoms with E-state index in [1.54, 1.807) is 90.9 Å². The van der Waals surface area contributed by atoms with Crippen molar-refractivity contribution >= 4 is 78.1 Å². The van der Waals surface area contributed by atoms with Crippen LogP contribution in [0.15, 0.2) is 288 Å². The Kier molecular flexibility index (Phi) is 26.1.